The summed E-state index contributed by atoms with van der Waals surface area (Å²) >= 11 is 0. The van der Waals surface area contributed by atoms with Gasteiger partial charge in [-0.15, -0.1) is 0 Å². The van der Waals surface area contributed by atoms with E-state index in [1.54, 1.807) is 0 Å². The van der Waals surface area contributed by atoms with Crippen LogP contribution < -0.4 is 0 Å². The number of nitrogens with zero attached hydrogens (tertiary/aromatic N) is 1. The lowest BCUT2D eigenvalue weighted by Gasteiger charge is -2.38. The summed E-state index contributed by atoms with van der Waals surface area (Å²) in [7, 11) is 0.579. The van der Waals surface area contributed by atoms with E-state index in [0.29, 0.717) is 6.42 Å². The highest BCUT2D eigenvalue weighted by atomic mass is 32.2. The minimum atomic E-state index is -3.97. The Hall–Kier alpha value is -0.200. The van der Waals surface area contributed by atoms with Gasteiger partial charge in [-0.3, -0.25) is 4.70 Å². The Morgan fingerprint density at radius 1 is 0.864 bits per heavy atom. The van der Waals surface area contributed by atoms with E-state index in [9.17, 15) is 13.0 Å². The van der Waals surface area contributed by atoms with Gasteiger partial charge in [-0.1, -0.05) is 39.0 Å². The third-order valence-electron chi connectivity index (χ3n) is 4.41. The Labute approximate surface area is 138 Å². The van der Waals surface area contributed by atoms with Crippen molar-refractivity contribution in [3.05, 3.63) is 0 Å². The molecule has 0 aliphatic carbocycles. The minimum Gasteiger partial charge on any atom is -0.748 e. The predicted octanol–water partition coefficient (Wildman–Crippen LogP) is 3.92. The number of unbranched alkanes of at least 4 members (excludes halogenated alkanes) is 5. The Bertz CT molecular complexity index is 331. The van der Waals surface area contributed by atoms with Crippen LogP contribution in [0.5, 0.6) is 0 Å². The summed E-state index contributed by atoms with van der Waals surface area (Å²) in [6.07, 6.45) is 5.96. The van der Waals surface area contributed by atoms with Crippen LogP contribution in [0.4, 0.5) is 4.70 Å². The van der Waals surface area contributed by atoms with Crippen molar-refractivity contribution in [2.24, 2.45) is 0 Å². The molecule has 0 saturated heterocycles. The first-order chi connectivity index (χ1) is 9.45. The molecular formula is C16H38FNO3S. The number of hydrogen-bond donors (Lipinski definition) is 0. The van der Waals surface area contributed by atoms with Gasteiger partial charge >= 0.3 is 0 Å². The molecular weight excluding hydrogens is 305 g/mol. The molecule has 0 radical (unpaired) electrons. The molecule has 0 spiro atoms. The zero-order valence-corrected chi connectivity index (χ0v) is 16.4. The SMILES string of the molecule is CC(C)[N+](C)(C)C(C)C.CCCCCCCCS(=O)(=O)[O-].F. The van der Waals surface area contributed by atoms with Crippen molar-refractivity contribution < 1.29 is 22.2 Å². The molecule has 0 amide bonds. The summed E-state index contributed by atoms with van der Waals surface area (Å²) < 4.78 is 31.6. The fourth-order valence-corrected chi connectivity index (χ4v) is 2.21. The van der Waals surface area contributed by atoms with Crippen molar-refractivity contribution in [3.8, 4) is 0 Å². The molecule has 6 heteroatoms. The molecule has 0 rings (SSSR count). The van der Waals surface area contributed by atoms with E-state index in [1.807, 2.05) is 0 Å². The van der Waals surface area contributed by atoms with Gasteiger partial charge in [-0.05, 0) is 34.1 Å². The fourth-order valence-electron chi connectivity index (χ4n) is 1.66. The second kappa shape index (κ2) is 13.3. The molecule has 0 unspecified atom stereocenters. The van der Waals surface area contributed by atoms with Gasteiger partial charge in [-0.25, -0.2) is 8.42 Å². The average Bonchev–Trinajstić information content (AvgIpc) is 2.32. The normalized spacial score (nSPS) is 11.9. The zero-order chi connectivity index (χ0) is 17.1. The van der Waals surface area contributed by atoms with Crippen LogP contribution in [0.15, 0.2) is 0 Å². The highest BCUT2D eigenvalue weighted by molar-refractivity contribution is 7.85. The van der Waals surface area contributed by atoms with Crippen molar-refractivity contribution in [2.75, 3.05) is 19.8 Å². The van der Waals surface area contributed by atoms with Crippen molar-refractivity contribution in [2.45, 2.75) is 85.2 Å². The summed E-state index contributed by atoms with van der Waals surface area (Å²) in [6.45, 7) is 11.2. The Morgan fingerprint density at radius 3 is 1.50 bits per heavy atom. The molecule has 0 heterocycles. The molecule has 0 atom stereocenters. The van der Waals surface area contributed by atoms with Gasteiger partial charge in [0.1, 0.15) is 0 Å². The second-order valence-corrected chi connectivity index (χ2v) is 8.37. The van der Waals surface area contributed by atoms with Gasteiger partial charge in [0.2, 0.25) is 0 Å². The van der Waals surface area contributed by atoms with Crippen molar-refractivity contribution in [1.82, 2.24) is 0 Å². The quantitative estimate of drug-likeness (QED) is 0.362. The standard InChI is InChI=1S/C8H20N.C8H18O3S.FH/c1-7(2)9(5,6)8(3)4;1-2-3-4-5-6-7-8-12(9,10)11;/h7-8H,1-6H3;2-8H2,1H3,(H,9,10,11);1H/q+1;;/p-1. The molecule has 0 aliphatic heterocycles. The van der Waals surface area contributed by atoms with Crippen molar-refractivity contribution >= 4 is 10.1 Å². The van der Waals surface area contributed by atoms with E-state index >= 15 is 0 Å². The third-order valence-corrected chi connectivity index (χ3v) is 5.20. The molecule has 138 valence electrons. The average molecular weight is 344 g/mol. The maximum Gasteiger partial charge on any atom is 0.0945 e. The number of hydrogen-bond acceptors (Lipinski definition) is 3. The lowest BCUT2D eigenvalue weighted by Crippen LogP contribution is -2.50. The first-order valence-corrected chi connectivity index (χ1v) is 9.79. The number of quaternary nitrogens is 1. The molecule has 0 bridgehead atoms. The summed E-state index contributed by atoms with van der Waals surface area (Å²) in [5.74, 6) is -0.195. The summed E-state index contributed by atoms with van der Waals surface area (Å²) in [5.41, 5.74) is 0. The Kier molecular flexibility index (Phi) is 16.1. The topological polar surface area (TPSA) is 57.2 Å². The molecule has 0 aromatic rings. The third kappa shape index (κ3) is 16.2. The summed E-state index contributed by atoms with van der Waals surface area (Å²) in [4.78, 5) is 0. The van der Waals surface area contributed by atoms with Crippen LogP contribution in [0.1, 0.15) is 73.1 Å². The van der Waals surface area contributed by atoms with E-state index in [-0.39, 0.29) is 10.5 Å². The molecule has 22 heavy (non-hydrogen) atoms. The van der Waals surface area contributed by atoms with Crippen LogP contribution in [-0.4, -0.2) is 49.4 Å². The maximum atomic E-state index is 10.2. The van der Waals surface area contributed by atoms with Crippen LogP contribution in [0, 0.1) is 0 Å². The van der Waals surface area contributed by atoms with E-state index in [0.717, 1.165) is 35.8 Å². The molecule has 0 fully saturated rings. The van der Waals surface area contributed by atoms with Gasteiger partial charge < -0.3 is 9.04 Å². The van der Waals surface area contributed by atoms with Crippen molar-refractivity contribution in [1.29, 1.82) is 0 Å². The summed E-state index contributed by atoms with van der Waals surface area (Å²) in [5, 5.41) is 0. The number of halogens is 1. The second-order valence-electron chi connectivity index (χ2n) is 6.85. The maximum absolute atomic E-state index is 10.2. The monoisotopic (exact) mass is 343 g/mol. The molecule has 0 saturated carbocycles. The van der Waals surface area contributed by atoms with E-state index < -0.39 is 10.1 Å². The fraction of sp³-hybridized carbons (Fsp3) is 1.00. The molecule has 0 aliphatic rings. The Morgan fingerprint density at radius 2 is 1.23 bits per heavy atom. The van der Waals surface area contributed by atoms with E-state index in [2.05, 4.69) is 48.7 Å². The zero-order valence-electron chi connectivity index (χ0n) is 15.6. The van der Waals surface area contributed by atoms with Gasteiger partial charge in [0.25, 0.3) is 0 Å². The van der Waals surface area contributed by atoms with Crippen LogP contribution in [0.3, 0.4) is 0 Å². The first-order valence-electron chi connectivity index (χ1n) is 8.22. The van der Waals surface area contributed by atoms with Crippen molar-refractivity contribution in [3.63, 3.8) is 0 Å². The van der Waals surface area contributed by atoms with Gasteiger partial charge in [0.15, 0.2) is 0 Å². The molecule has 0 aromatic heterocycles. The largest absolute Gasteiger partial charge is 0.748 e. The predicted molar refractivity (Wildman–Crippen MR) is 92.8 cm³/mol. The minimum absolute atomic E-state index is 0. The van der Waals surface area contributed by atoms with E-state index in [4.69, 9.17) is 0 Å². The van der Waals surface area contributed by atoms with E-state index in [1.165, 1.54) is 12.8 Å². The van der Waals surface area contributed by atoms with Gasteiger partial charge in [-0.2, -0.15) is 0 Å². The smallest absolute Gasteiger partial charge is 0.0945 e. The van der Waals surface area contributed by atoms with Crippen LogP contribution in [0.25, 0.3) is 0 Å². The highest BCUT2D eigenvalue weighted by Gasteiger charge is 2.22. The van der Waals surface area contributed by atoms with Crippen LogP contribution >= 0.6 is 0 Å². The van der Waals surface area contributed by atoms with Crippen LogP contribution in [-0.2, 0) is 10.1 Å². The summed E-state index contributed by atoms with van der Waals surface area (Å²) in [6, 6.07) is 1.45. The molecule has 0 aromatic carbocycles. The Balaban J connectivity index is -0.000000326. The molecule has 0 N–H and O–H groups in total. The highest BCUT2D eigenvalue weighted by Crippen LogP contribution is 2.10. The van der Waals surface area contributed by atoms with Crippen LogP contribution in [0.2, 0.25) is 0 Å². The lowest BCUT2D eigenvalue weighted by molar-refractivity contribution is -0.931. The molecule has 4 nitrogen and oxygen atoms in total. The van der Waals surface area contributed by atoms with Gasteiger partial charge in [0, 0.05) is 5.75 Å². The first kappa shape index (κ1) is 26.7. The van der Waals surface area contributed by atoms with Gasteiger partial charge in [0.05, 0.1) is 36.3 Å². The number of rotatable bonds is 9. The lowest BCUT2D eigenvalue weighted by atomic mass is 10.1.